The molecule has 0 aliphatic carbocycles. The van der Waals surface area contributed by atoms with Crippen molar-refractivity contribution in [2.75, 3.05) is 13.7 Å². The van der Waals surface area contributed by atoms with E-state index in [4.69, 9.17) is 4.74 Å². The molecule has 1 N–H and O–H groups in total. The molecule has 90 valence electrons. The van der Waals surface area contributed by atoms with Gasteiger partial charge >= 0.3 is 6.18 Å². The molecule has 1 rings (SSSR count). The van der Waals surface area contributed by atoms with E-state index in [2.05, 4.69) is 4.84 Å². The number of amides is 1. The smallest absolute Gasteiger partial charge is 0.414 e. The van der Waals surface area contributed by atoms with Gasteiger partial charge in [-0.1, -0.05) is 0 Å². The summed E-state index contributed by atoms with van der Waals surface area (Å²) in [6.45, 7) is -1.54. The number of hydrogen-bond donors (Lipinski definition) is 1. The first-order valence-corrected chi connectivity index (χ1v) is 4.92. The SMILES string of the molecule is COc1ccsc1C(=O)NOCC(F)(F)F. The van der Waals surface area contributed by atoms with Gasteiger partial charge in [0, 0.05) is 0 Å². The highest BCUT2D eigenvalue weighted by Crippen LogP contribution is 2.24. The fraction of sp³-hybridized carbons (Fsp3) is 0.375. The van der Waals surface area contributed by atoms with Crippen molar-refractivity contribution in [3.8, 4) is 5.75 Å². The average molecular weight is 255 g/mol. The van der Waals surface area contributed by atoms with Crippen LogP contribution in [0.25, 0.3) is 0 Å². The maximum atomic E-state index is 11.7. The zero-order valence-electron chi connectivity index (χ0n) is 8.13. The van der Waals surface area contributed by atoms with Gasteiger partial charge in [0.2, 0.25) is 0 Å². The lowest BCUT2D eigenvalue weighted by Crippen LogP contribution is -2.29. The monoisotopic (exact) mass is 255 g/mol. The normalized spacial score (nSPS) is 11.2. The molecular weight excluding hydrogens is 247 g/mol. The highest BCUT2D eigenvalue weighted by atomic mass is 32.1. The Labute approximate surface area is 92.9 Å². The zero-order valence-corrected chi connectivity index (χ0v) is 8.95. The van der Waals surface area contributed by atoms with Crippen molar-refractivity contribution >= 4 is 17.2 Å². The summed E-state index contributed by atoms with van der Waals surface area (Å²) in [4.78, 5) is 15.5. The predicted octanol–water partition coefficient (Wildman–Crippen LogP) is 1.98. The van der Waals surface area contributed by atoms with Crippen LogP contribution < -0.4 is 10.2 Å². The van der Waals surface area contributed by atoms with E-state index in [9.17, 15) is 18.0 Å². The Bertz CT molecular complexity index is 364. The summed E-state index contributed by atoms with van der Waals surface area (Å²) >= 11 is 1.04. The minimum absolute atomic E-state index is 0.157. The van der Waals surface area contributed by atoms with Crippen LogP contribution in [0, 0.1) is 0 Å². The van der Waals surface area contributed by atoms with Crippen LogP contribution >= 0.6 is 11.3 Å². The van der Waals surface area contributed by atoms with Crippen molar-refractivity contribution in [2.24, 2.45) is 0 Å². The van der Waals surface area contributed by atoms with E-state index in [0.29, 0.717) is 0 Å². The fourth-order valence-electron chi connectivity index (χ4n) is 0.854. The summed E-state index contributed by atoms with van der Waals surface area (Å²) in [5.41, 5.74) is 1.69. The molecule has 0 aliphatic rings. The molecule has 8 heteroatoms. The molecule has 0 saturated carbocycles. The summed E-state index contributed by atoms with van der Waals surface area (Å²) in [5.74, 6) is -0.478. The Morgan fingerprint density at radius 2 is 2.25 bits per heavy atom. The molecule has 0 saturated heterocycles. The van der Waals surface area contributed by atoms with E-state index in [0.717, 1.165) is 11.3 Å². The van der Waals surface area contributed by atoms with E-state index < -0.39 is 18.7 Å². The second-order valence-electron chi connectivity index (χ2n) is 2.65. The van der Waals surface area contributed by atoms with Crippen LogP contribution in [0.5, 0.6) is 5.75 Å². The number of hydrogen-bond acceptors (Lipinski definition) is 4. The van der Waals surface area contributed by atoms with Crippen LogP contribution in [0.3, 0.4) is 0 Å². The van der Waals surface area contributed by atoms with Gasteiger partial charge < -0.3 is 4.74 Å². The van der Waals surface area contributed by atoms with E-state index in [1.807, 2.05) is 0 Å². The van der Waals surface area contributed by atoms with Gasteiger partial charge in [-0.3, -0.25) is 9.63 Å². The van der Waals surface area contributed by atoms with Crippen LogP contribution in [-0.4, -0.2) is 25.8 Å². The number of hydroxylamine groups is 1. The van der Waals surface area contributed by atoms with Gasteiger partial charge in [0.1, 0.15) is 10.6 Å². The van der Waals surface area contributed by atoms with Gasteiger partial charge in [-0.2, -0.15) is 13.2 Å². The van der Waals surface area contributed by atoms with Gasteiger partial charge in [-0.25, -0.2) is 5.48 Å². The van der Waals surface area contributed by atoms with Crippen molar-refractivity contribution in [1.82, 2.24) is 5.48 Å². The molecule has 1 aromatic rings. The van der Waals surface area contributed by atoms with Crippen molar-refractivity contribution in [2.45, 2.75) is 6.18 Å². The second-order valence-corrected chi connectivity index (χ2v) is 3.57. The molecule has 1 heterocycles. The summed E-state index contributed by atoms with van der Waals surface area (Å²) in [7, 11) is 1.36. The summed E-state index contributed by atoms with van der Waals surface area (Å²) in [5, 5.41) is 1.58. The number of nitrogens with one attached hydrogen (secondary N) is 1. The predicted molar refractivity (Wildman–Crippen MR) is 50.3 cm³/mol. The molecule has 0 unspecified atom stereocenters. The summed E-state index contributed by atoms with van der Waals surface area (Å²) in [6.07, 6.45) is -4.48. The van der Waals surface area contributed by atoms with E-state index in [-0.39, 0.29) is 10.6 Å². The first-order chi connectivity index (χ1) is 7.44. The molecule has 0 atom stereocenters. The zero-order chi connectivity index (χ0) is 12.2. The minimum Gasteiger partial charge on any atom is -0.495 e. The van der Waals surface area contributed by atoms with Gasteiger partial charge in [-0.05, 0) is 11.4 Å². The quantitative estimate of drug-likeness (QED) is 0.837. The van der Waals surface area contributed by atoms with Crippen molar-refractivity contribution in [1.29, 1.82) is 0 Å². The molecule has 1 amide bonds. The molecule has 0 aromatic carbocycles. The summed E-state index contributed by atoms with van der Waals surface area (Å²) in [6, 6.07) is 1.53. The number of alkyl halides is 3. The second kappa shape index (κ2) is 5.17. The number of ether oxygens (including phenoxy) is 1. The Balaban J connectivity index is 2.47. The molecule has 4 nitrogen and oxygen atoms in total. The number of halogens is 3. The first kappa shape index (κ1) is 12.8. The molecule has 0 spiro atoms. The number of rotatable bonds is 4. The maximum absolute atomic E-state index is 11.7. The largest absolute Gasteiger partial charge is 0.495 e. The number of methoxy groups -OCH3 is 1. The molecule has 0 bridgehead atoms. The van der Waals surface area contributed by atoms with E-state index in [1.54, 1.807) is 10.9 Å². The third-order valence-corrected chi connectivity index (χ3v) is 2.35. The topological polar surface area (TPSA) is 47.6 Å². The summed E-state index contributed by atoms with van der Waals surface area (Å²) < 4.78 is 39.9. The number of carbonyl (C=O) groups is 1. The van der Waals surface area contributed by atoms with Crippen molar-refractivity contribution in [3.63, 3.8) is 0 Å². The van der Waals surface area contributed by atoms with Crippen LogP contribution in [-0.2, 0) is 4.84 Å². The van der Waals surface area contributed by atoms with Gasteiger partial charge in [0.25, 0.3) is 5.91 Å². The molecule has 1 aromatic heterocycles. The Morgan fingerprint density at radius 1 is 1.56 bits per heavy atom. The minimum atomic E-state index is -4.48. The third-order valence-electron chi connectivity index (χ3n) is 1.46. The van der Waals surface area contributed by atoms with Gasteiger partial charge in [0.05, 0.1) is 7.11 Å². The Morgan fingerprint density at radius 3 is 2.81 bits per heavy atom. The van der Waals surface area contributed by atoms with Crippen molar-refractivity contribution < 1.29 is 27.5 Å². The van der Waals surface area contributed by atoms with E-state index in [1.165, 1.54) is 13.2 Å². The number of carbonyl (C=O) groups excluding carboxylic acids is 1. The lowest BCUT2D eigenvalue weighted by atomic mass is 10.4. The van der Waals surface area contributed by atoms with Crippen LogP contribution in [0.2, 0.25) is 0 Å². The highest BCUT2D eigenvalue weighted by Gasteiger charge is 2.28. The lowest BCUT2D eigenvalue weighted by Gasteiger charge is -2.08. The molecule has 0 fully saturated rings. The third kappa shape index (κ3) is 3.70. The standard InChI is InChI=1S/C8H8F3NO3S/c1-14-5-2-3-16-6(5)7(13)12-15-4-8(9,10)11/h2-3H,4H2,1H3,(H,12,13). The van der Waals surface area contributed by atoms with Crippen molar-refractivity contribution in [3.05, 3.63) is 16.3 Å². The van der Waals surface area contributed by atoms with Gasteiger partial charge in [0.15, 0.2) is 6.61 Å². The number of thiophene rings is 1. The Kier molecular flexibility index (Phi) is 4.13. The van der Waals surface area contributed by atoms with Crippen LogP contribution in [0.1, 0.15) is 9.67 Å². The lowest BCUT2D eigenvalue weighted by molar-refractivity contribution is -0.184. The average Bonchev–Trinajstić information content (AvgIpc) is 2.63. The molecule has 0 radical (unpaired) electrons. The van der Waals surface area contributed by atoms with Gasteiger partial charge in [-0.15, -0.1) is 11.3 Å². The maximum Gasteiger partial charge on any atom is 0.414 e. The molecular formula is C8H8F3NO3S. The fourth-order valence-corrected chi connectivity index (χ4v) is 1.60. The van der Waals surface area contributed by atoms with Crippen LogP contribution in [0.4, 0.5) is 13.2 Å². The molecule has 0 aliphatic heterocycles. The Hall–Kier alpha value is -1.28. The first-order valence-electron chi connectivity index (χ1n) is 4.04. The van der Waals surface area contributed by atoms with E-state index >= 15 is 0 Å². The highest BCUT2D eigenvalue weighted by molar-refractivity contribution is 7.12. The molecule has 16 heavy (non-hydrogen) atoms. The van der Waals surface area contributed by atoms with Crippen LogP contribution in [0.15, 0.2) is 11.4 Å².